The lowest BCUT2D eigenvalue weighted by molar-refractivity contribution is -0.127. The summed E-state index contributed by atoms with van der Waals surface area (Å²) < 4.78 is 6.18. The molecule has 1 heterocycles. The molecular formula is C12H13N3O4. The summed E-state index contributed by atoms with van der Waals surface area (Å²) in [5, 5.41) is 2.39. The summed E-state index contributed by atoms with van der Waals surface area (Å²) in [5.74, 6) is -1.75. The summed E-state index contributed by atoms with van der Waals surface area (Å²) in [6.45, 7) is 1.24. The molecule has 1 aromatic carbocycles. The fourth-order valence-electron chi connectivity index (χ4n) is 1.67. The van der Waals surface area contributed by atoms with Crippen LogP contribution in [0, 0.1) is 0 Å². The molecule has 1 aromatic heterocycles. The van der Waals surface area contributed by atoms with Gasteiger partial charge in [0.05, 0.1) is 5.52 Å². The van der Waals surface area contributed by atoms with Crippen LogP contribution in [-0.4, -0.2) is 22.4 Å². The number of primary amides is 1. The first kappa shape index (κ1) is 12.9. The Balaban J connectivity index is 2.22. The van der Waals surface area contributed by atoms with Crippen LogP contribution in [0.5, 0.6) is 0 Å². The lowest BCUT2D eigenvalue weighted by Crippen LogP contribution is -2.44. The van der Waals surface area contributed by atoms with E-state index in [0.717, 1.165) is 0 Å². The molecule has 0 bridgehead atoms. The van der Waals surface area contributed by atoms with E-state index in [0.29, 0.717) is 11.1 Å². The van der Waals surface area contributed by atoms with E-state index in [1.54, 1.807) is 24.3 Å². The van der Waals surface area contributed by atoms with Crippen LogP contribution in [0.2, 0.25) is 0 Å². The Kier molecular flexibility index (Phi) is 3.37. The summed E-state index contributed by atoms with van der Waals surface area (Å²) in [5.41, 5.74) is 5.97. The van der Waals surface area contributed by atoms with Gasteiger partial charge in [0.2, 0.25) is 11.8 Å². The number of carbonyl (C=O) groups is 2. The van der Waals surface area contributed by atoms with E-state index in [2.05, 4.69) is 5.32 Å². The van der Waals surface area contributed by atoms with Gasteiger partial charge in [-0.1, -0.05) is 12.1 Å². The molecule has 0 fully saturated rings. The fourth-order valence-corrected chi connectivity index (χ4v) is 1.67. The predicted molar refractivity (Wildman–Crippen MR) is 67.3 cm³/mol. The maximum Gasteiger partial charge on any atom is 0.420 e. The minimum atomic E-state index is -0.790. The maximum atomic E-state index is 11.7. The van der Waals surface area contributed by atoms with Crippen molar-refractivity contribution in [3.63, 3.8) is 0 Å². The van der Waals surface area contributed by atoms with Gasteiger partial charge in [-0.15, -0.1) is 0 Å². The second kappa shape index (κ2) is 4.97. The topological polar surface area (TPSA) is 107 Å². The maximum absolute atomic E-state index is 11.7. The van der Waals surface area contributed by atoms with Crippen molar-refractivity contribution >= 4 is 22.9 Å². The van der Waals surface area contributed by atoms with Crippen molar-refractivity contribution in [3.8, 4) is 0 Å². The number of para-hydroxylation sites is 2. The van der Waals surface area contributed by atoms with Crippen LogP contribution in [0.15, 0.2) is 33.5 Å². The minimum absolute atomic E-state index is 0.229. The Morgan fingerprint density at radius 2 is 2.11 bits per heavy atom. The number of benzene rings is 1. The summed E-state index contributed by atoms with van der Waals surface area (Å²) in [6, 6.07) is 5.98. The van der Waals surface area contributed by atoms with E-state index in [1.165, 1.54) is 11.5 Å². The highest BCUT2D eigenvalue weighted by Gasteiger charge is 2.15. The van der Waals surface area contributed by atoms with Crippen molar-refractivity contribution < 1.29 is 14.0 Å². The largest absolute Gasteiger partial charge is 0.420 e. The molecule has 0 aliphatic rings. The quantitative estimate of drug-likeness (QED) is 0.781. The first-order valence-electron chi connectivity index (χ1n) is 5.66. The van der Waals surface area contributed by atoms with Crippen LogP contribution >= 0.6 is 0 Å². The van der Waals surface area contributed by atoms with E-state index in [9.17, 15) is 14.4 Å². The van der Waals surface area contributed by atoms with E-state index >= 15 is 0 Å². The highest BCUT2D eigenvalue weighted by atomic mass is 16.4. The van der Waals surface area contributed by atoms with Gasteiger partial charge < -0.3 is 15.5 Å². The number of amides is 2. The van der Waals surface area contributed by atoms with Gasteiger partial charge in [-0.2, -0.15) is 0 Å². The number of nitrogens with zero attached hydrogens (tertiary/aromatic N) is 1. The molecule has 0 aliphatic carbocycles. The molecule has 2 rings (SSSR count). The lowest BCUT2D eigenvalue weighted by Gasteiger charge is -2.09. The van der Waals surface area contributed by atoms with Crippen molar-refractivity contribution in [1.29, 1.82) is 0 Å². The predicted octanol–water partition coefficient (Wildman–Crippen LogP) is -0.416. The average Bonchev–Trinajstić information content (AvgIpc) is 2.66. The van der Waals surface area contributed by atoms with Crippen molar-refractivity contribution in [3.05, 3.63) is 34.8 Å². The Labute approximate surface area is 108 Å². The molecule has 1 unspecified atom stereocenters. The molecule has 19 heavy (non-hydrogen) atoms. The molecule has 0 spiro atoms. The van der Waals surface area contributed by atoms with E-state index in [-0.39, 0.29) is 6.54 Å². The van der Waals surface area contributed by atoms with Gasteiger partial charge in [-0.3, -0.25) is 14.2 Å². The first-order valence-corrected chi connectivity index (χ1v) is 5.66. The molecule has 3 N–H and O–H groups in total. The van der Waals surface area contributed by atoms with Crippen LogP contribution in [-0.2, 0) is 16.1 Å². The fraction of sp³-hybridized carbons (Fsp3) is 0.250. The number of hydrogen-bond donors (Lipinski definition) is 2. The highest BCUT2D eigenvalue weighted by Crippen LogP contribution is 2.11. The normalized spacial score (nSPS) is 12.3. The van der Waals surface area contributed by atoms with Gasteiger partial charge in [0.1, 0.15) is 12.6 Å². The second-order valence-electron chi connectivity index (χ2n) is 4.11. The molecule has 0 radical (unpaired) electrons. The number of hydrogen-bond acceptors (Lipinski definition) is 4. The van der Waals surface area contributed by atoms with E-state index in [1.807, 2.05) is 0 Å². The van der Waals surface area contributed by atoms with E-state index in [4.69, 9.17) is 10.2 Å². The zero-order valence-electron chi connectivity index (χ0n) is 10.3. The zero-order chi connectivity index (χ0) is 14.0. The standard InChI is InChI=1S/C12H13N3O4/c1-7(11(13)17)14-10(16)6-15-8-4-2-3-5-9(8)19-12(15)18/h2-5,7H,6H2,1H3,(H2,13,17)(H,14,16). The first-order chi connectivity index (χ1) is 8.99. The minimum Gasteiger partial charge on any atom is -0.408 e. The smallest absolute Gasteiger partial charge is 0.408 e. The average molecular weight is 263 g/mol. The third-order valence-corrected chi connectivity index (χ3v) is 2.68. The second-order valence-corrected chi connectivity index (χ2v) is 4.11. The summed E-state index contributed by atoms with van der Waals surface area (Å²) in [4.78, 5) is 34.2. The van der Waals surface area contributed by atoms with Crippen LogP contribution in [0.1, 0.15) is 6.92 Å². The number of nitrogens with one attached hydrogen (secondary N) is 1. The number of aromatic nitrogens is 1. The van der Waals surface area contributed by atoms with Gasteiger partial charge in [0, 0.05) is 0 Å². The van der Waals surface area contributed by atoms with Gasteiger partial charge in [0.15, 0.2) is 5.58 Å². The molecule has 1 atom stereocenters. The van der Waals surface area contributed by atoms with Gasteiger partial charge in [-0.05, 0) is 19.1 Å². The summed E-state index contributed by atoms with van der Waals surface area (Å²) >= 11 is 0. The van der Waals surface area contributed by atoms with Crippen LogP contribution < -0.4 is 16.8 Å². The zero-order valence-corrected chi connectivity index (χ0v) is 10.3. The van der Waals surface area contributed by atoms with Crippen LogP contribution in [0.4, 0.5) is 0 Å². The SMILES string of the molecule is CC(NC(=O)Cn1c(=O)oc2ccccc21)C(N)=O. The number of nitrogens with two attached hydrogens (primary N) is 1. The number of rotatable bonds is 4. The molecule has 0 saturated heterocycles. The number of fused-ring (bicyclic) bond motifs is 1. The van der Waals surface area contributed by atoms with Crippen LogP contribution in [0.3, 0.4) is 0 Å². The molecule has 7 heteroatoms. The van der Waals surface area contributed by atoms with Crippen molar-refractivity contribution in [2.24, 2.45) is 5.73 Å². The van der Waals surface area contributed by atoms with Gasteiger partial charge in [-0.25, -0.2) is 4.79 Å². The Morgan fingerprint density at radius 1 is 1.42 bits per heavy atom. The Morgan fingerprint density at radius 3 is 2.79 bits per heavy atom. The summed E-state index contributed by atoms with van der Waals surface area (Å²) in [7, 11) is 0. The van der Waals surface area contributed by atoms with E-state index < -0.39 is 23.6 Å². The molecule has 2 amide bonds. The summed E-state index contributed by atoms with van der Waals surface area (Å²) in [6.07, 6.45) is 0. The molecule has 100 valence electrons. The Hall–Kier alpha value is -2.57. The van der Waals surface area contributed by atoms with Crippen molar-refractivity contribution in [2.75, 3.05) is 0 Å². The molecule has 0 saturated carbocycles. The third kappa shape index (κ3) is 2.65. The number of oxazole rings is 1. The van der Waals surface area contributed by atoms with Crippen molar-refractivity contribution in [2.45, 2.75) is 19.5 Å². The number of carbonyl (C=O) groups excluding carboxylic acids is 2. The highest BCUT2D eigenvalue weighted by molar-refractivity contribution is 5.86. The van der Waals surface area contributed by atoms with Gasteiger partial charge >= 0.3 is 5.76 Å². The van der Waals surface area contributed by atoms with Crippen LogP contribution in [0.25, 0.3) is 11.1 Å². The molecular weight excluding hydrogens is 250 g/mol. The lowest BCUT2D eigenvalue weighted by atomic mass is 10.3. The monoisotopic (exact) mass is 263 g/mol. The Bertz CT molecular complexity index is 686. The van der Waals surface area contributed by atoms with Crippen molar-refractivity contribution in [1.82, 2.24) is 9.88 Å². The molecule has 0 aliphatic heterocycles. The third-order valence-electron chi connectivity index (χ3n) is 2.68. The molecule has 7 nitrogen and oxygen atoms in total. The molecule has 2 aromatic rings. The van der Waals surface area contributed by atoms with Gasteiger partial charge in [0.25, 0.3) is 0 Å².